The number of hydrogen-bond donors (Lipinski definition) is 0. The van der Waals surface area contributed by atoms with Crippen LogP contribution in [0.3, 0.4) is 0 Å². The van der Waals surface area contributed by atoms with Crippen molar-refractivity contribution < 1.29 is 63.6 Å². The maximum atomic E-state index is 6.27. The molecule has 4 aliphatic rings. The number of hydrogen-bond acceptors (Lipinski definition) is 8. The van der Waals surface area contributed by atoms with E-state index in [0.717, 1.165) is 81.0 Å². The van der Waals surface area contributed by atoms with Crippen molar-refractivity contribution in [1.82, 2.24) is 0 Å². The van der Waals surface area contributed by atoms with Crippen molar-refractivity contribution in [2.24, 2.45) is 57.6 Å². The van der Waals surface area contributed by atoms with Crippen molar-refractivity contribution in [3.63, 3.8) is 0 Å². The molecule has 0 aliphatic heterocycles. The topological polar surface area (TPSA) is 98.9 Å². The van der Waals surface area contributed by atoms with Gasteiger partial charge in [-0.15, -0.1) is 0 Å². The summed E-state index contributed by atoms with van der Waals surface area (Å²) in [5.41, 5.74) is 0.134. The van der Waals surface area contributed by atoms with Crippen LogP contribution < -0.4 is 0 Å². The fraction of sp³-hybridized carbons (Fsp3) is 0.945. The van der Waals surface area contributed by atoms with Crippen LogP contribution in [-0.2, 0) is 63.6 Å². The van der Waals surface area contributed by atoms with Crippen molar-refractivity contribution in [3.8, 4) is 0 Å². The van der Waals surface area contributed by atoms with Gasteiger partial charge < -0.3 is 29.7 Å². The molecule has 0 amide bonds. The first-order chi connectivity index (χ1) is 39.0. The van der Waals surface area contributed by atoms with Gasteiger partial charge in [0.15, 0.2) is 0 Å². The van der Waals surface area contributed by atoms with Crippen LogP contribution in [0.2, 0.25) is 0 Å². The van der Waals surface area contributed by atoms with Crippen molar-refractivity contribution in [2.75, 3.05) is 0 Å². The molecule has 4 rings (SSSR count). The Kier molecular flexibility index (Phi) is 68.9. The van der Waals surface area contributed by atoms with E-state index in [1.165, 1.54) is 122 Å². The summed E-state index contributed by atoms with van der Waals surface area (Å²) in [7, 11) is 25.1. The predicted octanol–water partition coefficient (Wildman–Crippen LogP) is 30.4. The molecule has 89 heavy (non-hydrogen) atoms. The molecule has 0 aromatic carbocycles. The minimum Gasteiger partial charge on any atom is -0.358 e. The van der Waals surface area contributed by atoms with E-state index in [1.54, 1.807) is 0 Å². The molecule has 546 valence electrons. The van der Waals surface area contributed by atoms with E-state index >= 15 is 0 Å². The third-order valence-electron chi connectivity index (χ3n) is 17.7. The molecule has 0 atom stereocenters. The summed E-state index contributed by atoms with van der Waals surface area (Å²) in [6.45, 7) is 62.8. The van der Waals surface area contributed by atoms with Crippen LogP contribution in [0.25, 0.3) is 0 Å². The van der Waals surface area contributed by atoms with Gasteiger partial charge in [0.25, 0.3) is 0 Å². The first-order valence-electron chi connectivity index (χ1n) is 34.4. The molecule has 4 aliphatic carbocycles. The smallest absolute Gasteiger partial charge is 0.0414 e. The van der Waals surface area contributed by atoms with Crippen LogP contribution in [0.5, 0.6) is 0 Å². The Morgan fingerprint density at radius 2 is 0.494 bits per heavy atom. The van der Waals surface area contributed by atoms with E-state index in [-0.39, 0.29) is 74.0 Å². The van der Waals surface area contributed by atoms with E-state index in [0.29, 0.717) is 0 Å². The zero-order valence-corrected chi connectivity index (χ0v) is 80.5. The van der Waals surface area contributed by atoms with Gasteiger partial charge in [-0.3, -0.25) is 0 Å². The summed E-state index contributed by atoms with van der Waals surface area (Å²) in [6, 6.07) is 0. The van der Waals surface area contributed by atoms with Crippen LogP contribution in [0.15, 0.2) is 28.0 Å². The molecular formula is C73H158Cl4N8W4-4. The number of rotatable bonds is 20. The van der Waals surface area contributed by atoms with Crippen molar-refractivity contribution in [1.29, 1.82) is 0 Å². The second-order valence-corrected chi connectivity index (χ2v) is 50.7. The van der Waals surface area contributed by atoms with Crippen molar-refractivity contribution in [3.05, 3.63) is 29.7 Å². The summed E-state index contributed by atoms with van der Waals surface area (Å²) in [6.07, 6.45) is 36.6. The van der Waals surface area contributed by atoms with Gasteiger partial charge in [-0.2, -0.15) is 0 Å². The Labute approximate surface area is 600 Å². The SMILES string of the molecule is CC(C)C1CCCC1.CC1CCCC1.CCC(C)(C)[N]=[W]([Cl])=[N]C(C)(C)CC.CCC(C)(C)[N]=[W]([Cl])=[N]C(C)(C)CC.CCC(C)(C)[N]=[W]([Cl])=[N]C(C)(C)CC.CCC(C)(C)[N]=[W]([Cl])=[N]C(C)(C)CC.CCC1CCCC1.CCCC1CCCC1.[CH3-].[CH3-].[CH3-].[CH3-]. The molecule has 0 N–H and O–H groups in total. The summed E-state index contributed by atoms with van der Waals surface area (Å²) >= 11 is -9.22. The first-order valence-corrected chi connectivity index (χ1v) is 59.4. The van der Waals surface area contributed by atoms with Crippen LogP contribution in [-0.4, -0.2) is 44.3 Å². The zero-order chi connectivity index (χ0) is 66.9. The Morgan fingerprint density at radius 1 is 0.315 bits per heavy atom. The zero-order valence-electron chi connectivity index (χ0n) is 65.7. The Balaban J connectivity index is -0.000000142. The van der Waals surface area contributed by atoms with Gasteiger partial charge in [-0.1, -0.05) is 157 Å². The summed E-state index contributed by atoms with van der Waals surface area (Å²) < 4.78 is 37.2. The standard InChI is InChI=1S/2C8H16.C7H14.C6H12.8C5H11N.4CH3.4ClH.4W/c1-7(2)8-5-3-4-6-8;1-2-5-8-6-3-4-7-8;1-2-7-5-3-4-6-7;1-6-4-2-3-5-6;8*1-4-5(2,3)6;;;;;;;;;;;;/h7-8H,3-6H2,1-2H3;8H,2-7H2,1H3;7H,2-6H2,1H3;6H,2-5H2,1H3;8*4H2,1-3H3;4*1H3;4*1H;;;;/q;;;;;;;;;;;;4*-1;;;;;4*+1/p-4. The normalized spacial score (nSPS) is 17.0. The van der Waals surface area contributed by atoms with E-state index in [1.807, 2.05) is 0 Å². The average molecular weight is 2030 g/mol. The second kappa shape index (κ2) is 57.1. The third kappa shape index (κ3) is 66.0. The Bertz CT molecular complexity index is 1740. The number of nitrogens with zero attached hydrogens (tertiary/aromatic N) is 8. The molecule has 4 saturated carbocycles. The van der Waals surface area contributed by atoms with E-state index in [4.69, 9.17) is 37.7 Å². The molecule has 0 bridgehead atoms. The maximum Gasteiger partial charge on any atom is -0.0414 e. The molecule has 4 fully saturated rings. The van der Waals surface area contributed by atoms with Gasteiger partial charge >= 0.3 is 391 Å². The Hall–Kier alpha value is 2.31. The van der Waals surface area contributed by atoms with Crippen molar-refractivity contribution >= 4 is 37.7 Å². The van der Waals surface area contributed by atoms with Gasteiger partial charge in [-0.05, 0) is 29.6 Å². The van der Waals surface area contributed by atoms with Crippen molar-refractivity contribution in [2.45, 2.75) is 418 Å². The summed E-state index contributed by atoms with van der Waals surface area (Å²) in [5.74, 6) is 5.26. The van der Waals surface area contributed by atoms with Crippen LogP contribution in [0.1, 0.15) is 374 Å². The maximum absolute atomic E-state index is 6.27. The first kappa shape index (κ1) is 107. The average Bonchev–Trinajstić information content (AvgIpc) is 4.28. The summed E-state index contributed by atoms with van der Waals surface area (Å²) in [5, 5.41) is 0. The molecule has 0 aromatic rings. The largest absolute Gasteiger partial charge is 0.358 e. The molecule has 0 heterocycles. The summed E-state index contributed by atoms with van der Waals surface area (Å²) in [4.78, 5) is 0. The fourth-order valence-corrected chi connectivity index (χ4v) is 36.4. The fourth-order valence-electron chi connectivity index (χ4n) is 8.11. The number of halogens is 4. The van der Waals surface area contributed by atoms with E-state index in [9.17, 15) is 0 Å². The van der Waals surface area contributed by atoms with Gasteiger partial charge in [0.2, 0.25) is 0 Å². The molecule has 8 nitrogen and oxygen atoms in total. The minimum atomic E-state index is -2.30. The molecule has 0 aromatic heterocycles. The molecule has 0 radical (unpaired) electrons. The molecule has 0 unspecified atom stereocenters. The van der Waals surface area contributed by atoms with Gasteiger partial charge in [0.1, 0.15) is 0 Å². The molecular weight excluding hydrogens is 1870 g/mol. The van der Waals surface area contributed by atoms with Gasteiger partial charge in [-0.25, -0.2) is 0 Å². The quantitative estimate of drug-likeness (QED) is 0.109. The van der Waals surface area contributed by atoms with Crippen LogP contribution >= 0.6 is 37.7 Å². The van der Waals surface area contributed by atoms with Gasteiger partial charge in [0.05, 0.1) is 0 Å². The monoisotopic (exact) mass is 2020 g/mol. The third-order valence-corrected chi connectivity index (χ3v) is 40.8. The Morgan fingerprint density at radius 3 is 0.618 bits per heavy atom. The minimum absolute atomic E-state index is 0. The van der Waals surface area contributed by atoms with Gasteiger partial charge in [0, 0.05) is 0 Å². The predicted molar refractivity (Wildman–Crippen MR) is 397 cm³/mol. The molecule has 0 saturated heterocycles. The molecule has 16 heteroatoms. The second-order valence-electron chi connectivity index (χ2n) is 30.1. The van der Waals surface area contributed by atoms with Crippen LogP contribution in [0, 0.1) is 59.3 Å². The molecule has 0 spiro atoms. The van der Waals surface area contributed by atoms with E-state index < -0.39 is 63.6 Å². The van der Waals surface area contributed by atoms with Crippen LogP contribution in [0.4, 0.5) is 0 Å². The van der Waals surface area contributed by atoms with E-state index in [2.05, 4.69) is 229 Å².